The van der Waals surface area contributed by atoms with E-state index in [1.54, 1.807) is 6.20 Å². The molecule has 0 aromatic carbocycles. The van der Waals surface area contributed by atoms with Gasteiger partial charge in [0.2, 0.25) is 11.7 Å². The molecule has 0 unspecified atom stereocenters. The molecule has 1 saturated carbocycles. The molecule has 1 atom stereocenters. The highest BCUT2D eigenvalue weighted by molar-refractivity contribution is 5.46. The minimum atomic E-state index is -0.306. The molecule has 6 nitrogen and oxygen atoms in total. The van der Waals surface area contributed by atoms with Gasteiger partial charge in [0.05, 0.1) is 13.2 Å². The van der Waals surface area contributed by atoms with Gasteiger partial charge in [-0.3, -0.25) is 4.98 Å². The van der Waals surface area contributed by atoms with Crippen molar-refractivity contribution in [2.24, 2.45) is 5.92 Å². The maximum atomic E-state index is 9.86. The van der Waals surface area contributed by atoms with Crippen LogP contribution in [0.4, 0.5) is 0 Å². The van der Waals surface area contributed by atoms with Crippen molar-refractivity contribution in [2.45, 2.75) is 51.1 Å². The van der Waals surface area contributed by atoms with Crippen LogP contribution in [0.5, 0.6) is 0 Å². The average Bonchev–Trinajstić information content (AvgIpc) is 3.10. The van der Waals surface area contributed by atoms with Gasteiger partial charge < -0.3 is 14.9 Å². The molecule has 1 aliphatic rings. The van der Waals surface area contributed by atoms with Gasteiger partial charge in [0.15, 0.2) is 0 Å². The Morgan fingerprint density at radius 1 is 1.30 bits per heavy atom. The second kappa shape index (κ2) is 7.19. The van der Waals surface area contributed by atoms with E-state index in [1.165, 1.54) is 19.3 Å². The van der Waals surface area contributed by atoms with Crippen molar-refractivity contribution < 1.29 is 9.63 Å². The first-order chi connectivity index (χ1) is 11.2. The van der Waals surface area contributed by atoms with E-state index in [2.05, 4.69) is 27.4 Å². The van der Waals surface area contributed by atoms with Crippen LogP contribution < -0.4 is 5.32 Å². The SMILES string of the molecule is C[C@@](CO)(NCc1nc(-c2ccccn2)no1)C1CCCCC1. The lowest BCUT2D eigenvalue weighted by atomic mass is 9.76. The van der Waals surface area contributed by atoms with Gasteiger partial charge >= 0.3 is 0 Å². The Labute approximate surface area is 136 Å². The van der Waals surface area contributed by atoms with Crippen LogP contribution in [0, 0.1) is 5.92 Å². The topological polar surface area (TPSA) is 84.1 Å². The second-order valence-electron chi connectivity index (χ2n) is 6.49. The van der Waals surface area contributed by atoms with Gasteiger partial charge in [0, 0.05) is 11.7 Å². The molecule has 0 radical (unpaired) electrons. The molecule has 2 heterocycles. The number of hydrogen-bond donors (Lipinski definition) is 2. The Bertz CT molecular complexity index is 610. The third-order valence-corrected chi connectivity index (χ3v) is 4.84. The molecule has 124 valence electrons. The van der Waals surface area contributed by atoms with Crippen molar-refractivity contribution in [1.82, 2.24) is 20.4 Å². The molecule has 0 amide bonds. The van der Waals surface area contributed by atoms with Crippen LogP contribution in [0.25, 0.3) is 11.5 Å². The maximum absolute atomic E-state index is 9.86. The van der Waals surface area contributed by atoms with E-state index in [0.717, 1.165) is 12.8 Å². The molecule has 2 N–H and O–H groups in total. The molecule has 0 spiro atoms. The van der Waals surface area contributed by atoms with E-state index in [4.69, 9.17) is 4.52 Å². The number of pyridine rings is 1. The summed E-state index contributed by atoms with van der Waals surface area (Å²) in [5.41, 5.74) is 0.389. The fraction of sp³-hybridized carbons (Fsp3) is 0.588. The third kappa shape index (κ3) is 3.76. The Balaban J connectivity index is 1.64. The van der Waals surface area contributed by atoms with Crippen LogP contribution in [0.15, 0.2) is 28.9 Å². The van der Waals surface area contributed by atoms with Crippen molar-refractivity contribution in [1.29, 1.82) is 0 Å². The molecule has 1 aliphatic carbocycles. The van der Waals surface area contributed by atoms with Gasteiger partial charge in [0.25, 0.3) is 0 Å². The van der Waals surface area contributed by atoms with Crippen molar-refractivity contribution in [3.8, 4) is 11.5 Å². The number of rotatable bonds is 6. The minimum Gasteiger partial charge on any atom is -0.394 e. The van der Waals surface area contributed by atoms with Crippen molar-refractivity contribution in [2.75, 3.05) is 6.61 Å². The summed E-state index contributed by atoms with van der Waals surface area (Å²) in [6, 6.07) is 5.59. The highest BCUT2D eigenvalue weighted by atomic mass is 16.5. The van der Waals surface area contributed by atoms with E-state index >= 15 is 0 Å². The largest absolute Gasteiger partial charge is 0.394 e. The summed E-state index contributed by atoms with van der Waals surface area (Å²) in [7, 11) is 0. The van der Waals surface area contributed by atoms with E-state index in [0.29, 0.717) is 29.9 Å². The summed E-state index contributed by atoms with van der Waals surface area (Å²) in [5, 5.41) is 17.3. The van der Waals surface area contributed by atoms with E-state index in [1.807, 2.05) is 18.2 Å². The van der Waals surface area contributed by atoms with Crippen molar-refractivity contribution >= 4 is 0 Å². The standard InChI is InChI=1S/C17H24N4O2/c1-17(12-22,13-7-3-2-4-8-13)19-11-15-20-16(21-23-15)14-9-5-6-10-18-14/h5-6,9-10,13,19,22H,2-4,7-8,11-12H2,1H3/t17-/m0/s1. The van der Waals surface area contributed by atoms with Gasteiger partial charge in [-0.2, -0.15) is 4.98 Å². The molecule has 2 aromatic heterocycles. The lowest BCUT2D eigenvalue weighted by Gasteiger charge is -2.39. The summed E-state index contributed by atoms with van der Waals surface area (Å²) in [5.74, 6) is 1.49. The summed E-state index contributed by atoms with van der Waals surface area (Å²) >= 11 is 0. The van der Waals surface area contributed by atoms with E-state index < -0.39 is 0 Å². The zero-order valence-electron chi connectivity index (χ0n) is 13.5. The van der Waals surface area contributed by atoms with Crippen LogP contribution >= 0.6 is 0 Å². The van der Waals surface area contributed by atoms with Gasteiger partial charge in [-0.25, -0.2) is 0 Å². The molecule has 0 bridgehead atoms. The minimum absolute atomic E-state index is 0.110. The van der Waals surface area contributed by atoms with Crippen LogP contribution in [-0.2, 0) is 6.54 Å². The molecule has 2 aromatic rings. The molecular weight excluding hydrogens is 292 g/mol. The average molecular weight is 316 g/mol. The monoisotopic (exact) mass is 316 g/mol. The molecule has 6 heteroatoms. The number of aliphatic hydroxyl groups is 1. The first-order valence-electron chi connectivity index (χ1n) is 8.31. The van der Waals surface area contributed by atoms with Gasteiger partial charge in [0.1, 0.15) is 5.69 Å². The predicted octanol–water partition coefficient (Wildman–Crippen LogP) is 2.55. The summed E-state index contributed by atoms with van der Waals surface area (Å²) < 4.78 is 5.30. The number of hydrogen-bond acceptors (Lipinski definition) is 6. The molecule has 0 saturated heterocycles. The van der Waals surface area contributed by atoms with Crippen LogP contribution in [-0.4, -0.2) is 32.4 Å². The maximum Gasteiger partial charge on any atom is 0.240 e. The fourth-order valence-corrected chi connectivity index (χ4v) is 3.27. The third-order valence-electron chi connectivity index (χ3n) is 4.84. The Morgan fingerprint density at radius 3 is 2.83 bits per heavy atom. The van der Waals surface area contributed by atoms with Gasteiger partial charge in [-0.05, 0) is 37.8 Å². The predicted molar refractivity (Wildman–Crippen MR) is 86.4 cm³/mol. The highest BCUT2D eigenvalue weighted by Gasteiger charge is 2.34. The molecule has 1 fully saturated rings. The molecule has 23 heavy (non-hydrogen) atoms. The molecule has 0 aliphatic heterocycles. The summed E-state index contributed by atoms with van der Waals surface area (Å²) in [4.78, 5) is 8.59. The second-order valence-corrected chi connectivity index (χ2v) is 6.49. The zero-order chi connectivity index (χ0) is 16.1. The van der Waals surface area contributed by atoms with Crippen LogP contribution in [0.1, 0.15) is 44.9 Å². The lowest BCUT2D eigenvalue weighted by molar-refractivity contribution is 0.0908. The Hall–Kier alpha value is -1.79. The quantitative estimate of drug-likeness (QED) is 0.852. The molecule has 3 rings (SSSR count). The zero-order valence-corrected chi connectivity index (χ0v) is 13.5. The first-order valence-corrected chi connectivity index (χ1v) is 8.31. The van der Waals surface area contributed by atoms with E-state index in [-0.39, 0.29) is 12.1 Å². The smallest absolute Gasteiger partial charge is 0.240 e. The van der Waals surface area contributed by atoms with E-state index in [9.17, 15) is 5.11 Å². The van der Waals surface area contributed by atoms with Crippen molar-refractivity contribution in [3.63, 3.8) is 0 Å². The van der Waals surface area contributed by atoms with Crippen molar-refractivity contribution in [3.05, 3.63) is 30.3 Å². The van der Waals surface area contributed by atoms with Gasteiger partial charge in [-0.1, -0.05) is 30.5 Å². The lowest BCUT2D eigenvalue weighted by Crippen LogP contribution is -2.52. The van der Waals surface area contributed by atoms with Crippen LogP contribution in [0.2, 0.25) is 0 Å². The highest BCUT2D eigenvalue weighted by Crippen LogP contribution is 2.32. The van der Waals surface area contributed by atoms with Gasteiger partial charge in [-0.15, -0.1) is 0 Å². The molecular formula is C17H24N4O2. The summed E-state index contributed by atoms with van der Waals surface area (Å²) in [6.45, 7) is 2.64. The number of nitrogens with zero attached hydrogens (tertiary/aromatic N) is 3. The Morgan fingerprint density at radius 2 is 2.13 bits per heavy atom. The number of aromatic nitrogens is 3. The summed E-state index contributed by atoms with van der Waals surface area (Å²) in [6.07, 6.45) is 7.81. The number of nitrogens with one attached hydrogen (secondary N) is 1. The number of aliphatic hydroxyl groups excluding tert-OH is 1. The normalized spacial score (nSPS) is 18.7. The van der Waals surface area contributed by atoms with Crippen LogP contribution in [0.3, 0.4) is 0 Å². The first kappa shape index (κ1) is 16.1. The fourth-order valence-electron chi connectivity index (χ4n) is 3.27. The Kier molecular flexibility index (Phi) is 5.03.